The standard InChI is InChI=1S/C16H23NOSi/c1-16(2,3)14-8-6-7-12-9-10-13(17-15(12)14)11-18-19(4)5/h6-10,19H,11H2,1-5H3. The van der Waals surface area contributed by atoms with E-state index in [9.17, 15) is 0 Å². The summed E-state index contributed by atoms with van der Waals surface area (Å²) in [6, 6.07) is 10.6. The number of benzene rings is 1. The molecule has 3 heteroatoms. The molecule has 1 aromatic heterocycles. The molecule has 0 fully saturated rings. The number of rotatable bonds is 3. The smallest absolute Gasteiger partial charge is 0.171 e. The van der Waals surface area contributed by atoms with Gasteiger partial charge in [-0.15, -0.1) is 0 Å². The van der Waals surface area contributed by atoms with Crippen molar-refractivity contribution in [3.8, 4) is 0 Å². The van der Waals surface area contributed by atoms with Crippen LogP contribution in [0.3, 0.4) is 0 Å². The van der Waals surface area contributed by atoms with E-state index in [1.54, 1.807) is 0 Å². The summed E-state index contributed by atoms with van der Waals surface area (Å²) in [5.41, 5.74) is 3.55. The summed E-state index contributed by atoms with van der Waals surface area (Å²) in [7, 11) is -0.988. The second-order valence-corrected chi connectivity index (χ2v) is 8.72. The molecule has 0 atom stereocenters. The van der Waals surface area contributed by atoms with E-state index in [-0.39, 0.29) is 5.41 Å². The predicted molar refractivity (Wildman–Crippen MR) is 84.1 cm³/mol. The second-order valence-electron chi connectivity index (χ2n) is 6.29. The topological polar surface area (TPSA) is 22.1 Å². The lowest BCUT2D eigenvalue weighted by Crippen LogP contribution is -2.13. The largest absolute Gasteiger partial charge is 0.415 e. The number of nitrogens with zero attached hydrogens (tertiary/aromatic N) is 1. The van der Waals surface area contributed by atoms with Crippen LogP contribution in [0.5, 0.6) is 0 Å². The fourth-order valence-corrected chi connectivity index (χ4v) is 2.63. The van der Waals surface area contributed by atoms with Gasteiger partial charge in [-0.2, -0.15) is 0 Å². The van der Waals surface area contributed by atoms with Gasteiger partial charge in [-0.3, -0.25) is 4.98 Å². The molecule has 0 saturated carbocycles. The van der Waals surface area contributed by atoms with Crippen molar-refractivity contribution in [2.75, 3.05) is 0 Å². The van der Waals surface area contributed by atoms with Crippen molar-refractivity contribution in [2.45, 2.75) is 45.9 Å². The quantitative estimate of drug-likeness (QED) is 0.788. The van der Waals surface area contributed by atoms with Crippen molar-refractivity contribution in [3.63, 3.8) is 0 Å². The molecule has 2 aromatic rings. The summed E-state index contributed by atoms with van der Waals surface area (Å²) in [6.07, 6.45) is 0. The molecule has 0 saturated heterocycles. The average molecular weight is 273 g/mol. The molecule has 2 nitrogen and oxygen atoms in total. The highest BCUT2D eigenvalue weighted by molar-refractivity contribution is 6.48. The fraction of sp³-hybridized carbons (Fsp3) is 0.438. The molecule has 0 aliphatic carbocycles. The van der Waals surface area contributed by atoms with E-state index in [0.29, 0.717) is 6.61 Å². The first-order valence-electron chi connectivity index (χ1n) is 6.88. The van der Waals surface area contributed by atoms with Crippen LogP contribution in [0.1, 0.15) is 32.0 Å². The first-order valence-corrected chi connectivity index (χ1v) is 9.67. The zero-order chi connectivity index (χ0) is 14.0. The Kier molecular flexibility index (Phi) is 4.06. The normalized spacial score (nSPS) is 12.3. The first kappa shape index (κ1) is 14.2. The Morgan fingerprint density at radius 1 is 1.11 bits per heavy atom. The summed E-state index contributed by atoms with van der Waals surface area (Å²) >= 11 is 0. The third kappa shape index (κ3) is 3.42. The van der Waals surface area contributed by atoms with Gasteiger partial charge in [0.1, 0.15) is 0 Å². The number of fused-ring (bicyclic) bond motifs is 1. The van der Waals surface area contributed by atoms with Crippen LogP contribution >= 0.6 is 0 Å². The monoisotopic (exact) mass is 273 g/mol. The first-order chi connectivity index (χ1) is 8.88. The summed E-state index contributed by atoms with van der Waals surface area (Å²) in [5, 5.41) is 1.21. The van der Waals surface area contributed by atoms with E-state index in [2.05, 4.69) is 64.2 Å². The van der Waals surface area contributed by atoms with Crippen LogP contribution in [0.15, 0.2) is 30.3 Å². The van der Waals surface area contributed by atoms with Crippen LogP contribution in [0.4, 0.5) is 0 Å². The lowest BCUT2D eigenvalue weighted by molar-refractivity contribution is 0.310. The molecule has 0 spiro atoms. The lowest BCUT2D eigenvalue weighted by atomic mass is 9.85. The molecule has 0 amide bonds. The maximum absolute atomic E-state index is 5.78. The van der Waals surface area contributed by atoms with Crippen molar-refractivity contribution < 1.29 is 4.43 Å². The van der Waals surface area contributed by atoms with Crippen molar-refractivity contribution in [3.05, 3.63) is 41.6 Å². The van der Waals surface area contributed by atoms with Gasteiger partial charge in [-0.25, -0.2) is 0 Å². The summed E-state index contributed by atoms with van der Waals surface area (Å²) in [4.78, 5) is 4.81. The molecule has 0 unspecified atom stereocenters. The van der Waals surface area contributed by atoms with Crippen LogP contribution < -0.4 is 0 Å². The van der Waals surface area contributed by atoms with Gasteiger partial charge in [0.25, 0.3) is 0 Å². The van der Waals surface area contributed by atoms with Gasteiger partial charge in [0.15, 0.2) is 9.04 Å². The summed E-state index contributed by atoms with van der Waals surface area (Å²) in [6.45, 7) is 11.7. The highest BCUT2D eigenvalue weighted by atomic mass is 28.3. The zero-order valence-electron chi connectivity index (χ0n) is 12.5. The second kappa shape index (κ2) is 5.43. The minimum absolute atomic E-state index is 0.110. The van der Waals surface area contributed by atoms with Gasteiger partial charge in [0, 0.05) is 5.39 Å². The number of aromatic nitrogens is 1. The van der Waals surface area contributed by atoms with Gasteiger partial charge < -0.3 is 4.43 Å². The Balaban J connectivity index is 2.45. The van der Waals surface area contributed by atoms with Crippen molar-refractivity contribution in [2.24, 2.45) is 0 Å². The van der Waals surface area contributed by atoms with E-state index in [0.717, 1.165) is 11.2 Å². The molecule has 2 rings (SSSR count). The Morgan fingerprint density at radius 3 is 2.47 bits per heavy atom. The maximum atomic E-state index is 5.78. The van der Waals surface area contributed by atoms with E-state index in [1.807, 2.05) is 0 Å². The number of pyridine rings is 1. The van der Waals surface area contributed by atoms with Crippen molar-refractivity contribution >= 4 is 19.9 Å². The van der Waals surface area contributed by atoms with Crippen LogP contribution in [0.25, 0.3) is 10.9 Å². The Bertz CT molecular complexity index is 572. The van der Waals surface area contributed by atoms with Crippen LogP contribution in [0, 0.1) is 0 Å². The van der Waals surface area contributed by atoms with Crippen molar-refractivity contribution in [1.29, 1.82) is 0 Å². The molecule has 0 aliphatic rings. The molecular formula is C16H23NOSi. The molecule has 1 heterocycles. The van der Waals surface area contributed by atoms with Gasteiger partial charge in [-0.1, -0.05) is 45.0 Å². The summed E-state index contributed by atoms with van der Waals surface area (Å²) < 4.78 is 5.78. The van der Waals surface area contributed by atoms with Gasteiger partial charge >= 0.3 is 0 Å². The number of hydrogen-bond acceptors (Lipinski definition) is 2. The third-order valence-electron chi connectivity index (χ3n) is 3.15. The van der Waals surface area contributed by atoms with E-state index < -0.39 is 9.04 Å². The SMILES string of the molecule is C[SiH](C)OCc1ccc2cccc(C(C)(C)C)c2n1. The minimum Gasteiger partial charge on any atom is -0.415 e. The average Bonchev–Trinajstić information content (AvgIpc) is 2.34. The van der Waals surface area contributed by atoms with Gasteiger partial charge in [0.05, 0.1) is 17.8 Å². The van der Waals surface area contributed by atoms with Crippen molar-refractivity contribution in [1.82, 2.24) is 4.98 Å². The number of hydrogen-bond donors (Lipinski definition) is 0. The minimum atomic E-state index is -0.988. The molecule has 0 aliphatic heterocycles. The molecule has 19 heavy (non-hydrogen) atoms. The fourth-order valence-electron chi connectivity index (χ4n) is 2.13. The molecule has 0 N–H and O–H groups in total. The van der Waals surface area contributed by atoms with E-state index in [4.69, 9.17) is 9.41 Å². The Hall–Kier alpha value is -1.19. The molecule has 102 valence electrons. The van der Waals surface area contributed by atoms with E-state index in [1.165, 1.54) is 10.9 Å². The summed E-state index contributed by atoms with van der Waals surface area (Å²) in [5.74, 6) is 0. The highest BCUT2D eigenvalue weighted by Crippen LogP contribution is 2.28. The van der Waals surface area contributed by atoms with E-state index >= 15 is 0 Å². The van der Waals surface area contributed by atoms with Gasteiger partial charge in [-0.05, 0) is 30.1 Å². The van der Waals surface area contributed by atoms with Crippen LogP contribution in [-0.2, 0) is 16.4 Å². The predicted octanol–water partition coefficient (Wildman–Crippen LogP) is 4.03. The Morgan fingerprint density at radius 2 is 1.84 bits per heavy atom. The molecular weight excluding hydrogens is 250 g/mol. The molecule has 0 radical (unpaired) electrons. The number of para-hydroxylation sites is 1. The third-order valence-corrected chi connectivity index (χ3v) is 3.98. The zero-order valence-corrected chi connectivity index (χ0v) is 13.7. The molecule has 0 bridgehead atoms. The van der Waals surface area contributed by atoms with Gasteiger partial charge in [0.2, 0.25) is 0 Å². The van der Waals surface area contributed by atoms with Crippen LogP contribution in [0.2, 0.25) is 13.1 Å². The molecule has 1 aromatic carbocycles. The highest BCUT2D eigenvalue weighted by Gasteiger charge is 2.17. The van der Waals surface area contributed by atoms with Crippen LogP contribution in [-0.4, -0.2) is 14.0 Å². The lowest BCUT2D eigenvalue weighted by Gasteiger charge is -2.21. The Labute approximate surface area is 117 Å². The maximum Gasteiger partial charge on any atom is 0.171 e.